The van der Waals surface area contributed by atoms with Gasteiger partial charge in [-0.05, 0) is 56.1 Å². The van der Waals surface area contributed by atoms with E-state index in [1.54, 1.807) is 18.6 Å². The molecular formula is C34H46N4O6S2. The summed E-state index contributed by atoms with van der Waals surface area (Å²) in [5, 5.41) is 3.05. The van der Waals surface area contributed by atoms with Gasteiger partial charge in [0.2, 0.25) is 10.0 Å². The van der Waals surface area contributed by atoms with E-state index in [-0.39, 0.29) is 36.5 Å². The van der Waals surface area contributed by atoms with Crippen molar-refractivity contribution >= 4 is 33.2 Å². The summed E-state index contributed by atoms with van der Waals surface area (Å²) in [6, 6.07) is 18.9. The molecule has 4 rings (SSSR count). The molecule has 0 spiro atoms. The van der Waals surface area contributed by atoms with Crippen LogP contribution in [0, 0.1) is 5.92 Å². The summed E-state index contributed by atoms with van der Waals surface area (Å²) in [6.45, 7) is 5.14. The number of sulfonamides is 1. The van der Waals surface area contributed by atoms with E-state index < -0.39 is 22.2 Å². The summed E-state index contributed by atoms with van der Waals surface area (Å²) in [7, 11) is -3.59. The van der Waals surface area contributed by atoms with Crippen molar-refractivity contribution < 1.29 is 27.5 Å². The Bertz CT molecular complexity index is 1420. The maximum absolute atomic E-state index is 13.9. The number of hydrogen-bond acceptors (Lipinski definition) is 9. The number of ether oxygens (including phenoxy) is 2. The second-order valence-corrected chi connectivity index (χ2v) is 14.7. The van der Waals surface area contributed by atoms with Crippen LogP contribution in [0.3, 0.4) is 0 Å². The third-order valence-electron chi connectivity index (χ3n) is 8.18. The highest BCUT2D eigenvalue weighted by Crippen LogP contribution is 2.22. The largest absolute Gasteiger partial charge is 0.444 e. The minimum atomic E-state index is -3.59. The van der Waals surface area contributed by atoms with E-state index in [2.05, 4.69) is 19.9 Å². The summed E-state index contributed by atoms with van der Waals surface area (Å²) >= 11 is 1.43. The average Bonchev–Trinajstić information content (AvgIpc) is 3.60. The van der Waals surface area contributed by atoms with Gasteiger partial charge in [-0.3, -0.25) is 14.7 Å². The summed E-state index contributed by atoms with van der Waals surface area (Å²) in [4.78, 5) is 33.8. The second-order valence-electron chi connectivity index (χ2n) is 11.7. The molecule has 1 fully saturated rings. The van der Waals surface area contributed by atoms with Crippen LogP contribution in [0.15, 0.2) is 72.4 Å². The SMILES string of the molecule is CCS(=O)(=O)N[C@@H](CCN1CCOCC1)C(=O)C[C@H](CC[C@H](Cc1ccccc1)NC(=O)OCc1cncs1)Cc1ccccc1. The lowest BCUT2D eigenvalue weighted by Gasteiger charge is -2.29. The molecule has 0 unspecified atom stereocenters. The maximum Gasteiger partial charge on any atom is 0.407 e. The van der Waals surface area contributed by atoms with Gasteiger partial charge in [0.25, 0.3) is 0 Å². The number of morpholine rings is 1. The Morgan fingerprint density at radius 1 is 0.978 bits per heavy atom. The Hall–Kier alpha value is -3.16. The standard InChI is InChI=1S/C34H46N4O6S2/c1-2-46(41,42)37-32(15-16-38-17-19-43-20-18-38)33(39)23-29(21-27-9-5-3-6-10-27)13-14-30(22-28-11-7-4-8-12-28)36-34(40)44-25-31-24-35-26-45-31/h3-12,24,26,29-30,32,37H,2,13-23,25H2,1H3,(H,36,40)/t29-,30-,32+/m1/s1. The number of rotatable bonds is 19. The summed E-state index contributed by atoms with van der Waals surface area (Å²) in [5.41, 5.74) is 3.89. The molecule has 1 saturated heterocycles. The number of ketones is 1. The van der Waals surface area contributed by atoms with Crippen molar-refractivity contribution in [1.82, 2.24) is 19.9 Å². The van der Waals surface area contributed by atoms with Gasteiger partial charge in [-0.15, -0.1) is 11.3 Å². The number of nitrogens with zero attached hydrogens (tertiary/aromatic N) is 2. The molecular weight excluding hydrogens is 625 g/mol. The Kier molecular flexibility index (Phi) is 14.6. The van der Waals surface area contributed by atoms with Gasteiger partial charge in [0.15, 0.2) is 5.78 Å². The van der Waals surface area contributed by atoms with Gasteiger partial charge in [0, 0.05) is 38.3 Å². The van der Waals surface area contributed by atoms with Crippen LogP contribution in [0.1, 0.15) is 48.6 Å². The molecule has 46 heavy (non-hydrogen) atoms. The minimum Gasteiger partial charge on any atom is -0.444 e. The predicted molar refractivity (Wildman–Crippen MR) is 180 cm³/mol. The fraction of sp³-hybridized carbons (Fsp3) is 0.500. The molecule has 1 aliphatic heterocycles. The van der Waals surface area contributed by atoms with Crippen molar-refractivity contribution in [1.29, 1.82) is 0 Å². The number of aromatic nitrogens is 1. The molecule has 2 heterocycles. The number of carbonyl (C=O) groups is 2. The average molecular weight is 671 g/mol. The number of amides is 1. The third-order valence-corrected chi connectivity index (χ3v) is 10.3. The molecule has 250 valence electrons. The monoisotopic (exact) mass is 670 g/mol. The van der Waals surface area contributed by atoms with Crippen molar-refractivity contribution in [2.75, 3.05) is 38.6 Å². The quantitative estimate of drug-likeness (QED) is 0.190. The van der Waals surface area contributed by atoms with E-state index in [0.29, 0.717) is 51.9 Å². The predicted octanol–water partition coefficient (Wildman–Crippen LogP) is 4.61. The van der Waals surface area contributed by atoms with Crippen molar-refractivity contribution in [3.63, 3.8) is 0 Å². The number of Topliss-reactive ketones (excluding diaryl/α,β-unsaturated/α-hetero) is 1. The van der Waals surface area contributed by atoms with Crippen LogP contribution in [0.5, 0.6) is 0 Å². The molecule has 0 aliphatic carbocycles. The zero-order valence-electron chi connectivity index (χ0n) is 26.5. The number of thiazole rings is 1. The van der Waals surface area contributed by atoms with Crippen LogP contribution in [-0.2, 0) is 43.7 Å². The molecule has 2 aromatic carbocycles. The number of benzene rings is 2. The molecule has 0 radical (unpaired) electrons. The molecule has 0 saturated carbocycles. The highest BCUT2D eigenvalue weighted by molar-refractivity contribution is 7.89. The lowest BCUT2D eigenvalue weighted by atomic mass is 9.86. The van der Waals surface area contributed by atoms with Gasteiger partial charge >= 0.3 is 6.09 Å². The fourth-order valence-electron chi connectivity index (χ4n) is 5.59. The Morgan fingerprint density at radius 2 is 1.65 bits per heavy atom. The van der Waals surface area contributed by atoms with E-state index in [9.17, 15) is 18.0 Å². The number of alkyl carbamates (subject to hydrolysis) is 1. The first-order chi connectivity index (χ1) is 22.3. The van der Waals surface area contributed by atoms with E-state index >= 15 is 0 Å². The molecule has 12 heteroatoms. The Morgan fingerprint density at radius 3 is 2.28 bits per heavy atom. The van der Waals surface area contributed by atoms with Gasteiger partial charge in [-0.25, -0.2) is 17.9 Å². The molecule has 1 aliphatic rings. The highest BCUT2D eigenvalue weighted by Gasteiger charge is 2.28. The lowest BCUT2D eigenvalue weighted by Crippen LogP contribution is -2.45. The molecule has 10 nitrogen and oxygen atoms in total. The van der Waals surface area contributed by atoms with Crippen LogP contribution < -0.4 is 10.0 Å². The Labute approximate surface area is 277 Å². The number of nitrogens with one attached hydrogen (secondary N) is 2. The molecule has 3 aromatic rings. The first-order valence-electron chi connectivity index (χ1n) is 16.0. The first-order valence-corrected chi connectivity index (χ1v) is 18.5. The van der Waals surface area contributed by atoms with Gasteiger partial charge < -0.3 is 14.8 Å². The number of hydrogen-bond donors (Lipinski definition) is 2. The maximum atomic E-state index is 13.9. The van der Waals surface area contributed by atoms with Gasteiger partial charge in [-0.1, -0.05) is 60.7 Å². The Balaban J connectivity index is 1.45. The third kappa shape index (κ3) is 12.9. The fourth-order valence-corrected chi connectivity index (χ4v) is 6.95. The molecule has 2 N–H and O–H groups in total. The van der Waals surface area contributed by atoms with Crippen molar-refractivity contribution in [3.05, 3.63) is 88.4 Å². The van der Waals surface area contributed by atoms with E-state index in [0.717, 1.165) is 29.1 Å². The second kappa shape index (κ2) is 18.9. The smallest absolute Gasteiger partial charge is 0.407 e. The lowest BCUT2D eigenvalue weighted by molar-refractivity contribution is -0.122. The first kappa shape index (κ1) is 35.7. The van der Waals surface area contributed by atoms with E-state index in [1.165, 1.54) is 11.3 Å². The number of carbonyl (C=O) groups excluding carboxylic acids is 2. The molecule has 1 amide bonds. The van der Waals surface area contributed by atoms with E-state index in [1.807, 2.05) is 60.7 Å². The minimum absolute atomic E-state index is 0.0554. The molecule has 1 aromatic heterocycles. The normalized spacial score (nSPS) is 15.9. The van der Waals surface area contributed by atoms with Crippen LogP contribution in [0.2, 0.25) is 0 Å². The van der Waals surface area contributed by atoms with E-state index in [4.69, 9.17) is 9.47 Å². The zero-order valence-corrected chi connectivity index (χ0v) is 28.1. The van der Waals surface area contributed by atoms with Gasteiger partial charge in [0.1, 0.15) is 6.61 Å². The van der Waals surface area contributed by atoms with Crippen LogP contribution >= 0.6 is 11.3 Å². The topological polar surface area (TPSA) is 127 Å². The summed E-state index contributed by atoms with van der Waals surface area (Å²) in [5.74, 6) is -0.254. The van der Waals surface area contributed by atoms with Gasteiger partial charge in [0.05, 0.1) is 35.4 Å². The van der Waals surface area contributed by atoms with Gasteiger partial charge in [-0.2, -0.15) is 0 Å². The summed E-state index contributed by atoms with van der Waals surface area (Å²) in [6.07, 6.45) is 4.36. The van der Waals surface area contributed by atoms with Crippen LogP contribution in [-0.4, -0.2) is 80.9 Å². The van der Waals surface area contributed by atoms with Crippen molar-refractivity contribution in [3.8, 4) is 0 Å². The van der Waals surface area contributed by atoms with Crippen molar-refractivity contribution in [2.45, 2.75) is 64.1 Å². The van der Waals surface area contributed by atoms with Crippen LogP contribution in [0.4, 0.5) is 4.79 Å². The zero-order chi connectivity index (χ0) is 32.6. The molecule has 3 atom stereocenters. The van der Waals surface area contributed by atoms with Crippen LogP contribution in [0.25, 0.3) is 0 Å². The molecule has 0 bridgehead atoms. The summed E-state index contributed by atoms with van der Waals surface area (Å²) < 4.78 is 38.8. The van der Waals surface area contributed by atoms with Crippen molar-refractivity contribution in [2.24, 2.45) is 5.92 Å². The highest BCUT2D eigenvalue weighted by atomic mass is 32.2.